The Hall–Kier alpha value is -2.04. The second-order valence-electron chi connectivity index (χ2n) is 4.53. The lowest BCUT2D eigenvalue weighted by Gasteiger charge is -2.14. The first-order chi connectivity index (χ1) is 8.40. The van der Waals surface area contributed by atoms with E-state index in [1.807, 2.05) is 31.1 Å². The summed E-state index contributed by atoms with van der Waals surface area (Å²) in [6.45, 7) is 3.61. The van der Waals surface area contributed by atoms with E-state index in [1.54, 1.807) is 26.0 Å². The van der Waals surface area contributed by atoms with Gasteiger partial charge in [0, 0.05) is 31.5 Å². The second-order valence-corrected chi connectivity index (χ2v) is 4.53. The van der Waals surface area contributed by atoms with Crippen molar-refractivity contribution in [3.8, 4) is 0 Å². The fourth-order valence-electron chi connectivity index (χ4n) is 1.38. The number of benzene rings is 1. The fourth-order valence-corrected chi connectivity index (χ4v) is 1.38. The second kappa shape index (κ2) is 6.05. The van der Waals surface area contributed by atoms with E-state index in [9.17, 15) is 9.59 Å². The summed E-state index contributed by atoms with van der Waals surface area (Å²) in [4.78, 5) is 25.0. The SMILES string of the molecule is CC(C)NC(=O)C(=O)Nc1cccc(N(C)C)c1. The highest BCUT2D eigenvalue weighted by atomic mass is 16.2. The van der Waals surface area contributed by atoms with Gasteiger partial charge in [-0.15, -0.1) is 0 Å². The van der Waals surface area contributed by atoms with E-state index in [0.29, 0.717) is 5.69 Å². The van der Waals surface area contributed by atoms with E-state index in [-0.39, 0.29) is 6.04 Å². The molecule has 0 saturated carbocycles. The third-order valence-corrected chi connectivity index (χ3v) is 2.25. The number of hydrogen-bond donors (Lipinski definition) is 2. The number of carbonyl (C=O) groups excluding carboxylic acids is 2. The fraction of sp³-hybridized carbons (Fsp3) is 0.385. The average Bonchev–Trinajstić information content (AvgIpc) is 2.28. The van der Waals surface area contributed by atoms with Gasteiger partial charge in [-0.05, 0) is 32.0 Å². The first kappa shape index (κ1) is 14.0. The molecule has 98 valence electrons. The minimum Gasteiger partial charge on any atom is -0.378 e. The van der Waals surface area contributed by atoms with Crippen LogP contribution in [0.4, 0.5) is 11.4 Å². The van der Waals surface area contributed by atoms with Crippen molar-refractivity contribution in [3.05, 3.63) is 24.3 Å². The van der Waals surface area contributed by atoms with E-state index in [0.717, 1.165) is 5.69 Å². The number of nitrogens with zero attached hydrogens (tertiary/aromatic N) is 1. The number of carbonyl (C=O) groups is 2. The number of anilines is 2. The Morgan fingerprint density at radius 2 is 1.83 bits per heavy atom. The van der Waals surface area contributed by atoms with E-state index in [1.165, 1.54) is 0 Å². The van der Waals surface area contributed by atoms with Crippen LogP contribution in [0.5, 0.6) is 0 Å². The first-order valence-electron chi connectivity index (χ1n) is 5.79. The van der Waals surface area contributed by atoms with E-state index in [4.69, 9.17) is 0 Å². The lowest BCUT2D eigenvalue weighted by molar-refractivity contribution is -0.136. The van der Waals surface area contributed by atoms with Crippen LogP contribution in [-0.4, -0.2) is 32.0 Å². The van der Waals surface area contributed by atoms with Crippen molar-refractivity contribution >= 4 is 23.2 Å². The summed E-state index contributed by atoms with van der Waals surface area (Å²) in [6.07, 6.45) is 0. The number of hydrogen-bond acceptors (Lipinski definition) is 3. The van der Waals surface area contributed by atoms with Gasteiger partial charge in [-0.1, -0.05) is 6.07 Å². The summed E-state index contributed by atoms with van der Waals surface area (Å²) in [7, 11) is 3.82. The van der Waals surface area contributed by atoms with Gasteiger partial charge in [0.05, 0.1) is 0 Å². The first-order valence-corrected chi connectivity index (χ1v) is 5.79. The molecule has 5 nitrogen and oxygen atoms in total. The topological polar surface area (TPSA) is 61.4 Å². The normalized spacial score (nSPS) is 10.1. The third-order valence-electron chi connectivity index (χ3n) is 2.25. The molecule has 1 aromatic carbocycles. The molecule has 0 saturated heterocycles. The van der Waals surface area contributed by atoms with Gasteiger partial charge in [0.15, 0.2) is 0 Å². The van der Waals surface area contributed by atoms with Gasteiger partial charge in [-0.25, -0.2) is 0 Å². The highest BCUT2D eigenvalue weighted by Gasteiger charge is 2.14. The Balaban J connectivity index is 2.70. The van der Waals surface area contributed by atoms with Gasteiger partial charge < -0.3 is 15.5 Å². The zero-order chi connectivity index (χ0) is 13.7. The molecule has 0 aliphatic carbocycles. The van der Waals surface area contributed by atoms with Crippen LogP contribution in [0.2, 0.25) is 0 Å². The van der Waals surface area contributed by atoms with Crippen LogP contribution in [0.15, 0.2) is 24.3 Å². The average molecular weight is 249 g/mol. The Morgan fingerprint density at radius 3 is 2.39 bits per heavy atom. The zero-order valence-corrected chi connectivity index (χ0v) is 11.2. The highest BCUT2D eigenvalue weighted by molar-refractivity contribution is 6.39. The van der Waals surface area contributed by atoms with Crippen LogP contribution >= 0.6 is 0 Å². The minimum atomic E-state index is -0.653. The molecule has 0 aliphatic heterocycles. The van der Waals surface area contributed by atoms with Crippen molar-refractivity contribution in [1.82, 2.24) is 5.32 Å². The Bertz CT molecular complexity index is 442. The van der Waals surface area contributed by atoms with Crippen LogP contribution < -0.4 is 15.5 Å². The summed E-state index contributed by atoms with van der Waals surface area (Å²) < 4.78 is 0. The van der Waals surface area contributed by atoms with Crippen LogP contribution in [0, 0.1) is 0 Å². The summed E-state index contributed by atoms with van der Waals surface area (Å²) >= 11 is 0. The van der Waals surface area contributed by atoms with Crippen molar-refractivity contribution in [2.45, 2.75) is 19.9 Å². The molecule has 0 heterocycles. The number of rotatable bonds is 3. The van der Waals surface area contributed by atoms with E-state index in [2.05, 4.69) is 10.6 Å². The van der Waals surface area contributed by atoms with Crippen molar-refractivity contribution in [3.63, 3.8) is 0 Å². The van der Waals surface area contributed by atoms with E-state index < -0.39 is 11.8 Å². The largest absolute Gasteiger partial charge is 0.378 e. The van der Waals surface area contributed by atoms with Crippen molar-refractivity contribution in [1.29, 1.82) is 0 Å². The molecule has 1 rings (SSSR count). The molecule has 0 aliphatic rings. The Labute approximate surface area is 107 Å². The van der Waals surface area contributed by atoms with E-state index >= 15 is 0 Å². The lowest BCUT2D eigenvalue weighted by atomic mass is 10.2. The van der Waals surface area contributed by atoms with Gasteiger partial charge in [-0.2, -0.15) is 0 Å². The smallest absolute Gasteiger partial charge is 0.313 e. The molecule has 0 spiro atoms. The maximum Gasteiger partial charge on any atom is 0.313 e. The summed E-state index contributed by atoms with van der Waals surface area (Å²) in [5.74, 6) is -1.28. The van der Waals surface area contributed by atoms with Crippen LogP contribution in [0.25, 0.3) is 0 Å². The lowest BCUT2D eigenvalue weighted by Crippen LogP contribution is -2.39. The van der Waals surface area contributed by atoms with Gasteiger partial charge in [0.2, 0.25) is 0 Å². The molecule has 2 N–H and O–H groups in total. The molecule has 0 atom stereocenters. The van der Waals surface area contributed by atoms with Gasteiger partial charge in [0.1, 0.15) is 0 Å². The monoisotopic (exact) mass is 249 g/mol. The third kappa shape index (κ3) is 4.08. The molecule has 18 heavy (non-hydrogen) atoms. The van der Waals surface area contributed by atoms with Crippen LogP contribution in [0.3, 0.4) is 0 Å². The van der Waals surface area contributed by atoms with Gasteiger partial charge in [0.25, 0.3) is 0 Å². The molecule has 0 aromatic heterocycles. The molecule has 2 amide bonds. The number of nitrogens with one attached hydrogen (secondary N) is 2. The van der Waals surface area contributed by atoms with Gasteiger partial charge in [-0.3, -0.25) is 9.59 Å². The quantitative estimate of drug-likeness (QED) is 0.792. The standard InChI is InChI=1S/C13H19N3O2/c1-9(2)14-12(17)13(18)15-10-6-5-7-11(8-10)16(3)4/h5-9H,1-4H3,(H,14,17)(H,15,18). The Morgan fingerprint density at radius 1 is 1.17 bits per heavy atom. The molecule has 0 unspecified atom stereocenters. The molecule has 0 bridgehead atoms. The molecule has 5 heteroatoms. The van der Waals surface area contributed by atoms with Crippen LogP contribution in [0.1, 0.15) is 13.8 Å². The summed E-state index contributed by atoms with van der Waals surface area (Å²) in [5.41, 5.74) is 1.56. The zero-order valence-electron chi connectivity index (χ0n) is 11.2. The Kier molecular flexibility index (Phi) is 4.71. The van der Waals surface area contributed by atoms with Crippen molar-refractivity contribution < 1.29 is 9.59 Å². The maximum absolute atomic E-state index is 11.6. The highest BCUT2D eigenvalue weighted by Crippen LogP contribution is 2.16. The predicted molar refractivity (Wildman–Crippen MR) is 72.7 cm³/mol. The number of amides is 2. The van der Waals surface area contributed by atoms with Gasteiger partial charge >= 0.3 is 11.8 Å². The minimum absolute atomic E-state index is 0.0589. The maximum atomic E-state index is 11.6. The van der Waals surface area contributed by atoms with Crippen LogP contribution in [-0.2, 0) is 9.59 Å². The molecule has 0 fully saturated rings. The molecule has 1 aromatic rings. The van der Waals surface area contributed by atoms with Crippen molar-refractivity contribution in [2.75, 3.05) is 24.3 Å². The molecular weight excluding hydrogens is 230 g/mol. The molecule has 0 radical (unpaired) electrons. The predicted octanol–water partition coefficient (Wildman–Crippen LogP) is 1.22. The molecular formula is C13H19N3O2. The summed E-state index contributed by atoms with van der Waals surface area (Å²) in [5, 5.41) is 5.10. The summed E-state index contributed by atoms with van der Waals surface area (Å²) in [6, 6.07) is 7.24. The van der Waals surface area contributed by atoms with Crippen molar-refractivity contribution in [2.24, 2.45) is 0 Å².